The minimum atomic E-state index is -3.12. The Labute approximate surface area is 527 Å². The SMILES string of the molecule is C#C[C@H]1CC(F)(F)CN1C(=O)CNC(=O)c1ccnc2ccc(OCCCCC3CCN(C(=O)CC(=O)NC(=O)[C@H](CC(F)CCNC(=O)CCCc4ccc(C)cc4)NC(=O)CN4CCN(COC=O)CCN(COC=O)CCN(CC(=O)O)CC4)CC3)cc12. The van der Waals surface area contributed by atoms with Crippen molar-refractivity contribution >= 4 is 71.2 Å². The number of carbonyl (C=O) groups excluding carboxylic acids is 9. The van der Waals surface area contributed by atoms with E-state index in [2.05, 4.69) is 32.2 Å². The van der Waals surface area contributed by atoms with Crippen molar-refractivity contribution in [3.05, 3.63) is 71.4 Å². The van der Waals surface area contributed by atoms with E-state index in [1.165, 1.54) is 12.3 Å². The maximum Gasteiger partial charge on any atom is 0.317 e. The molecule has 91 heavy (non-hydrogen) atoms. The normalized spacial score (nSPS) is 17.9. The first-order valence-corrected chi connectivity index (χ1v) is 30.7. The van der Waals surface area contributed by atoms with E-state index in [0.717, 1.165) is 28.9 Å². The van der Waals surface area contributed by atoms with Crippen LogP contribution in [0, 0.1) is 25.2 Å². The molecule has 496 valence electrons. The summed E-state index contributed by atoms with van der Waals surface area (Å²) in [5.41, 5.74) is 2.90. The number of hydrogen-bond donors (Lipinski definition) is 5. The second-order valence-corrected chi connectivity index (χ2v) is 23.1. The van der Waals surface area contributed by atoms with Crippen LogP contribution in [0.4, 0.5) is 13.2 Å². The average Bonchev–Trinajstić information content (AvgIpc) is 1.92. The molecule has 0 bridgehead atoms. The third-order valence-electron chi connectivity index (χ3n) is 16.2. The van der Waals surface area contributed by atoms with Gasteiger partial charge in [-0.3, -0.25) is 77.8 Å². The van der Waals surface area contributed by atoms with E-state index in [1.807, 2.05) is 31.2 Å². The summed E-state index contributed by atoms with van der Waals surface area (Å²) in [5.74, 6) is -6.12. The van der Waals surface area contributed by atoms with Gasteiger partial charge in [-0.1, -0.05) is 42.2 Å². The number of unbranched alkanes of at least 4 members (excludes halogenated alkanes) is 1. The Kier molecular flexibility index (Phi) is 29.3. The molecule has 3 atom stereocenters. The Hall–Kier alpha value is -8.26. The molecule has 3 aliphatic heterocycles. The largest absolute Gasteiger partial charge is 0.494 e. The van der Waals surface area contributed by atoms with Crippen molar-refractivity contribution in [3.63, 3.8) is 0 Å². The number of rotatable bonds is 32. The Morgan fingerprint density at radius 3 is 2.08 bits per heavy atom. The molecule has 5 N–H and O–H groups in total. The van der Waals surface area contributed by atoms with Crippen LogP contribution in [0.2, 0.25) is 0 Å². The molecule has 0 radical (unpaired) electrons. The average molecular weight is 1280 g/mol. The number of ether oxygens (including phenoxy) is 3. The molecule has 1 unspecified atom stereocenters. The molecule has 0 saturated carbocycles. The number of benzene rings is 2. The van der Waals surface area contributed by atoms with Crippen molar-refractivity contribution < 1.29 is 80.4 Å². The molecule has 7 amide bonds. The number of amides is 7. The van der Waals surface area contributed by atoms with Crippen molar-refractivity contribution in [1.82, 2.24) is 55.7 Å². The summed E-state index contributed by atoms with van der Waals surface area (Å²) in [6, 6.07) is 11.8. The van der Waals surface area contributed by atoms with Crippen LogP contribution >= 0.6 is 0 Å². The van der Waals surface area contributed by atoms with E-state index in [9.17, 15) is 61.8 Å². The Bertz CT molecular complexity index is 2990. The lowest BCUT2D eigenvalue weighted by Crippen LogP contribution is -2.53. The standard InChI is InChI=1S/C63H84F3N11O14/c1-3-49-36-63(65,66)40-77(49)59(84)37-69-61(87)51-17-21-67-53-15-14-50(34-52(51)53)91-32-5-4-7-47-18-22-76(23-19-47)58(83)35-56(81)71-62(88)54(33-48(64)16-20-68-55(80)9-6-8-46-12-10-45(2)11-13-46)70-57(82)38-72-24-25-73(39-60(85)86)27-29-75(42-90-44-79)31-30-74(28-26-72)41-89-43-78/h1,10-15,17,21,34,43-44,47-49,54H,4-9,16,18-20,22-33,35-42H2,2H3,(H,68,80)(H,69,87)(H,70,82)(H,85,86)(H,71,81,88)/t48?,49-,54-/m0/s1. The number of aromatic nitrogens is 1. The highest BCUT2D eigenvalue weighted by molar-refractivity contribution is 6.07. The predicted octanol–water partition coefficient (Wildman–Crippen LogP) is 2.27. The molecule has 25 nitrogen and oxygen atoms in total. The summed E-state index contributed by atoms with van der Waals surface area (Å²) < 4.78 is 59.9. The molecule has 3 saturated heterocycles. The Morgan fingerprint density at radius 1 is 0.791 bits per heavy atom. The van der Waals surface area contributed by atoms with Crippen LogP contribution in [0.5, 0.6) is 5.75 Å². The highest BCUT2D eigenvalue weighted by atomic mass is 19.3. The van der Waals surface area contributed by atoms with Gasteiger partial charge in [0.25, 0.3) is 24.8 Å². The van der Waals surface area contributed by atoms with Gasteiger partial charge in [0.15, 0.2) is 0 Å². The number of carbonyl (C=O) groups is 10. The molecule has 28 heteroatoms. The first-order chi connectivity index (χ1) is 43.7. The fourth-order valence-corrected chi connectivity index (χ4v) is 11.0. The number of terminal acetylenes is 1. The van der Waals surface area contributed by atoms with E-state index in [1.54, 1.807) is 42.7 Å². The third-order valence-corrected chi connectivity index (χ3v) is 16.2. The first-order valence-electron chi connectivity index (χ1n) is 30.7. The second kappa shape index (κ2) is 37.2. The number of fused-ring (bicyclic) bond motifs is 1. The molecule has 3 aliphatic rings. The number of likely N-dealkylation sites (tertiary alicyclic amines) is 2. The van der Waals surface area contributed by atoms with Crippen LogP contribution < -0.4 is 26.0 Å². The van der Waals surface area contributed by atoms with Crippen molar-refractivity contribution in [2.24, 2.45) is 5.92 Å². The minimum absolute atomic E-state index is 0.0608. The Balaban J connectivity index is 0.980. The summed E-state index contributed by atoms with van der Waals surface area (Å²) in [5, 5.41) is 20.1. The molecule has 4 heterocycles. The number of pyridine rings is 1. The molecule has 6 rings (SSSR count). The molecule has 2 aromatic carbocycles. The summed E-state index contributed by atoms with van der Waals surface area (Å²) >= 11 is 0. The lowest BCUT2D eigenvalue weighted by atomic mass is 9.91. The number of piperidine rings is 1. The smallest absolute Gasteiger partial charge is 0.317 e. The fraction of sp³-hybridized carbons (Fsp3) is 0.571. The third kappa shape index (κ3) is 25.2. The number of aryl methyl sites for hydroxylation is 2. The number of carboxylic acids is 1. The van der Waals surface area contributed by atoms with Gasteiger partial charge in [-0.15, -0.1) is 6.42 Å². The van der Waals surface area contributed by atoms with Crippen molar-refractivity contribution in [2.45, 2.75) is 108 Å². The molecular weight excluding hydrogens is 1190 g/mol. The van der Waals surface area contributed by atoms with E-state index >= 15 is 4.39 Å². The zero-order chi connectivity index (χ0) is 65.7. The highest BCUT2D eigenvalue weighted by Gasteiger charge is 2.46. The molecule has 0 spiro atoms. The van der Waals surface area contributed by atoms with Gasteiger partial charge in [-0.2, -0.15) is 0 Å². The summed E-state index contributed by atoms with van der Waals surface area (Å²) in [6.45, 7) is 3.31. The van der Waals surface area contributed by atoms with E-state index in [0.29, 0.717) is 94.6 Å². The molecule has 0 aliphatic carbocycles. The van der Waals surface area contributed by atoms with Gasteiger partial charge in [-0.25, -0.2) is 13.2 Å². The minimum Gasteiger partial charge on any atom is -0.494 e. The number of hydrogen-bond acceptors (Lipinski definition) is 18. The van der Waals surface area contributed by atoms with Crippen LogP contribution in [-0.2, 0) is 59.0 Å². The number of nitrogens with zero attached hydrogens (tertiary/aromatic N) is 7. The number of nitrogens with one attached hydrogen (secondary N) is 4. The molecule has 3 aromatic rings. The zero-order valence-corrected chi connectivity index (χ0v) is 51.5. The summed E-state index contributed by atoms with van der Waals surface area (Å²) in [6.07, 6.45) is 7.99. The van der Waals surface area contributed by atoms with Crippen LogP contribution in [0.3, 0.4) is 0 Å². The van der Waals surface area contributed by atoms with Gasteiger partial charge in [0.2, 0.25) is 35.4 Å². The van der Waals surface area contributed by atoms with Gasteiger partial charge in [0.1, 0.15) is 37.8 Å². The van der Waals surface area contributed by atoms with E-state index < -0.39 is 97.9 Å². The quantitative estimate of drug-likeness (QED) is 0.0259. The number of aliphatic carboxylic acids is 1. The van der Waals surface area contributed by atoms with E-state index in [-0.39, 0.29) is 103 Å². The van der Waals surface area contributed by atoms with Crippen LogP contribution in [0.1, 0.15) is 92.1 Å². The van der Waals surface area contributed by atoms with Crippen molar-refractivity contribution in [2.75, 3.05) is 118 Å². The predicted molar refractivity (Wildman–Crippen MR) is 325 cm³/mol. The van der Waals surface area contributed by atoms with Gasteiger partial charge in [0.05, 0.1) is 49.9 Å². The molecule has 1 aromatic heterocycles. The zero-order valence-electron chi connectivity index (χ0n) is 51.5. The van der Waals surface area contributed by atoms with Crippen LogP contribution in [-0.4, -0.2) is 242 Å². The number of halogens is 3. The van der Waals surface area contributed by atoms with Crippen molar-refractivity contribution in [1.29, 1.82) is 0 Å². The van der Waals surface area contributed by atoms with Gasteiger partial charge < -0.3 is 45.1 Å². The topological polar surface area (TPSA) is 299 Å². The number of imide groups is 1. The summed E-state index contributed by atoms with van der Waals surface area (Å²) in [4.78, 5) is 141. The lowest BCUT2D eigenvalue weighted by molar-refractivity contribution is -0.140. The fourth-order valence-electron chi connectivity index (χ4n) is 11.0. The monoisotopic (exact) mass is 1280 g/mol. The second-order valence-electron chi connectivity index (χ2n) is 23.1. The molecule has 3 fully saturated rings. The van der Waals surface area contributed by atoms with Crippen LogP contribution in [0.25, 0.3) is 10.9 Å². The van der Waals surface area contributed by atoms with Gasteiger partial charge in [-0.05, 0) is 87.6 Å². The van der Waals surface area contributed by atoms with Crippen molar-refractivity contribution in [3.8, 4) is 18.1 Å². The lowest BCUT2D eigenvalue weighted by Gasteiger charge is -2.33. The summed E-state index contributed by atoms with van der Waals surface area (Å²) in [7, 11) is 0. The van der Waals surface area contributed by atoms with Gasteiger partial charge in [0, 0.05) is 103 Å². The van der Waals surface area contributed by atoms with Crippen LogP contribution in [0.15, 0.2) is 54.7 Å². The maximum atomic E-state index is 15.9. The number of alkyl halides is 3. The van der Waals surface area contributed by atoms with Gasteiger partial charge >= 0.3 is 5.97 Å². The highest BCUT2D eigenvalue weighted by Crippen LogP contribution is 2.32. The maximum absolute atomic E-state index is 15.9. The first kappa shape index (κ1) is 71.8. The molecular formula is C63H84F3N11O14. The number of carboxylic acid groups (broad SMARTS) is 1. The van der Waals surface area contributed by atoms with E-state index in [4.69, 9.17) is 20.6 Å². The Morgan fingerprint density at radius 2 is 1.44 bits per heavy atom.